The zero-order chi connectivity index (χ0) is 22.3. The van der Waals surface area contributed by atoms with E-state index in [1.807, 2.05) is 33.3 Å². The molecular weight excluding hydrogens is 408 g/mol. The molecule has 1 fully saturated rings. The molecule has 1 aliphatic rings. The second kappa shape index (κ2) is 12.1. The zero-order valence-electron chi connectivity index (χ0n) is 19.8. The third-order valence-electron chi connectivity index (χ3n) is 5.31. The van der Waals surface area contributed by atoms with Gasteiger partial charge in [-0.1, -0.05) is 45.0 Å². The Morgan fingerprint density at radius 1 is 1.32 bits per heavy atom. The summed E-state index contributed by atoms with van der Waals surface area (Å²) in [5.41, 5.74) is 5.59. The SMILES string of the molecule is CC(C)(C)CC(=O)N1CCCC1C=O.CNC(C)c1ccc(-c2scnc2C)cc1.N. The minimum Gasteiger partial charge on any atom is -0.344 e. The van der Waals surface area contributed by atoms with E-state index in [0.29, 0.717) is 12.5 Å². The van der Waals surface area contributed by atoms with Gasteiger partial charge in [0.15, 0.2) is 0 Å². The molecule has 3 rings (SSSR count). The van der Waals surface area contributed by atoms with E-state index in [9.17, 15) is 9.59 Å². The maximum absolute atomic E-state index is 11.8. The molecular formula is C24H38N4O2S. The van der Waals surface area contributed by atoms with E-state index in [-0.39, 0.29) is 23.5 Å². The number of aryl methyl sites for hydroxylation is 1. The molecule has 4 N–H and O–H groups in total. The van der Waals surface area contributed by atoms with Crippen LogP contribution in [0.25, 0.3) is 10.4 Å². The Bertz CT molecular complexity index is 827. The van der Waals surface area contributed by atoms with Crippen LogP contribution in [0, 0.1) is 12.3 Å². The van der Waals surface area contributed by atoms with E-state index in [4.69, 9.17) is 0 Å². The summed E-state index contributed by atoms with van der Waals surface area (Å²) in [6, 6.07) is 8.93. The summed E-state index contributed by atoms with van der Waals surface area (Å²) in [6.07, 6.45) is 3.21. The summed E-state index contributed by atoms with van der Waals surface area (Å²) >= 11 is 1.70. The van der Waals surface area contributed by atoms with Crippen LogP contribution >= 0.6 is 11.3 Å². The monoisotopic (exact) mass is 446 g/mol. The molecule has 172 valence electrons. The molecule has 1 aliphatic heterocycles. The summed E-state index contributed by atoms with van der Waals surface area (Å²) in [5, 5.41) is 3.24. The lowest BCUT2D eigenvalue weighted by molar-refractivity contribution is -0.136. The molecule has 31 heavy (non-hydrogen) atoms. The minimum absolute atomic E-state index is 0. The highest BCUT2D eigenvalue weighted by molar-refractivity contribution is 7.13. The number of hydrogen-bond acceptors (Lipinski definition) is 6. The third kappa shape index (κ3) is 7.83. The van der Waals surface area contributed by atoms with Crippen molar-refractivity contribution in [1.82, 2.24) is 21.4 Å². The van der Waals surface area contributed by atoms with Crippen molar-refractivity contribution in [1.29, 1.82) is 0 Å². The van der Waals surface area contributed by atoms with E-state index in [1.54, 1.807) is 16.2 Å². The Labute approximate surface area is 191 Å². The maximum atomic E-state index is 11.8. The van der Waals surface area contributed by atoms with E-state index < -0.39 is 0 Å². The van der Waals surface area contributed by atoms with Crippen molar-refractivity contribution < 1.29 is 9.59 Å². The predicted molar refractivity (Wildman–Crippen MR) is 130 cm³/mol. The number of aldehydes is 1. The van der Waals surface area contributed by atoms with Gasteiger partial charge in [-0.15, -0.1) is 11.3 Å². The van der Waals surface area contributed by atoms with Gasteiger partial charge in [-0.05, 0) is 50.3 Å². The van der Waals surface area contributed by atoms with Crippen LogP contribution in [-0.2, 0) is 9.59 Å². The Morgan fingerprint density at radius 2 is 1.97 bits per heavy atom. The van der Waals surface area contributed by atoms with Crippen molar-refractivity contribution in [2.75, 3.05) is 13.6 Å². The molecule has 0 spiro atoms. The van der Waals surface area contributed by atoms with Crippen LogP contribution < -0.4 is 11.5 Å². The number of nitrogens with zero attached hydrogens (tertiary/aromatic N) is 2. The zero-order valence-corrected chi connectivity index (χ0v) is 20.6. The lowest BCUT2D eigenvalue weighted by atomic mass is 9.91. The first-order valence-electron chi connectivity index (χ1n) is 10.6. The smallest absolute Gasteiger partial charge is 0.223 e. The van der Waals surface area contributed by atoms with Crippen molar-refractivity contribution in [3.8, 4) is 10.4 Å². The molecule has 7 heteroatoms. The second-order valence-electron chi connectivity index (χ2n) is 9.07. The highest BCUT2D eigenvalue weighted by Gasteiger charge is 2.30. The highest BCUT2D eigenvalue weighted by atomic mass is 32.1. The number of benzene rings is 1. The average molecular weight is 447 g/mol. The number of likely N-dealkylation sites (tertiary alicyclic amines) is 1. The Morgan fingerprint density at radius 3 is 2.45 bits per heavy atom. The number of aromatic nitrogens is 1. The first-order valence-corrected chi connectivity index (χ1v) is 11.5. The average Bonchev–Trinajstić information content (AvgIpc) is 3.35. The molecule has 1 aromatic carbocycles. The van der Waals surface area contributed by atoms with Crippen LogP contribution in [0.3, 0.4) is 0 Å². The molecule has 6 nitrogen and oxygen atoms in total. The van der Waals surface area contributed by atoms with Crippen LogP contribution in [0.2, 0.25) is 0 Å². The fourth-order valence-electron chi connectivity index (χ4n) is 3.47. The van der Waals surface area contributed by atoms with Gasteiger partial charge in [0.25, 0.3) is 0 Å². The maximum Gasteiger partial charge on any atom is 0.223 e. The summed E-state index contributed by atoms with van der Waals surface area (Å²) in [7, 11) is 1.98. The number of carbonyl (C=O) groups is 2. The topological polar surface area (TPSA) is 97.3 Å². The number of rotatable bonds is 5. The summed E-state index contributed by atoms with van der Waals surface area (Å²) in [4.78, 5) is 29.8. The molecule has 2 heterocycles. The first-order chi connectivity index (χ1) is 14.2. The summed E-state index contributed by atoms with van der Waals surface area (Å²) < 4.78 is 0. The molecule has 1 amide bonds. The van der Waals surface area contributed by atoms with Gasteiger partial charge in [0.05, 0.1) is 22.1 Å². The van der Waals surface area contributed by atoms with Gasteiger partial charge in [0.2, 0.25) is 5.91 Å². The van der Waals surface area contributed by atoms with Crippen molar-refractivity contribution in [3.63, 3.8) is 0 Å². The quantitative estimate of drug-likeness (QED) is 0.617. The van der Waals surface area contributed by atoms with Crippen molar-refractivity contribution >= 4 is 23.5 Å². The van der Waals surface area contributed by atoms with E-state index >= 15 is 0 Å². The van der Waals surface area contributed by atoms with Gasteiger partial charge >= 0.3 is 0 Å². The lowest BCUT2D eigenvalue weighted by Gasteiger charge is -2.25. The second-order valence-corrected chi connectivity index (χ2v) is 9.92. The van der Waals surface area contributed by atoms with Crippen LogP contribution in [0.1, 0.15) is 64.3 Å². The van der Waals surface area contributed by atoms with Gasteiger partial charge in [-0.3, -0.25) is 4.79 Å². The number of hydrogen-bond donors (Lipinski definition) is 2. The molecule has 2 unspecified atom stereocenters. The molecule has 2 aromatic rings. The Balaban J connectivity index is 0.000000303. The van der Waals surface area contributed by atoms with Crippen LogP contribution in [0.4, 0.5) is 0 Å². The van der Waals surface area contributed by atoms with Gasteiger partial charge in [0, 0.05) is 19.0 Å². The van der Waals surface area contributed by atoms with E-state index in [0.717, 1.165) is 31.4 Å². The molecule has 0 aliphatic carbocycles. The highest BCUT2D eigenvalue weighted by Crippen LogP contribution is 2.28. The Hall–Kier alpha value is -2.09. The van der Waals surface area contributed by atoms with Crippen molar-refractivity contribution in [2.45, 2.75) is 66.0 Å². The lowest BCUT2D eigenvalue weighted by Crippen LogP contribution is -2.38. The summed E-state index contributed by atoms with van der Waals surface area (Å²) in [6.45, 7) is 11.1. The van der Waals surface area contributed by atoms with Gasteiger partial charge in [-0.25, -0.2) is 4.98 Å². The fraction of sp³-hybridized carbons (Fsp3) is 0.542. The molecule has 0 radical (unpaired) electrons. The number of thiazole rings is 1. The normalized spacial score (nSPS) is 16.7. The molecule has 1 saturated heterocycles. The number of carbonyl (C=O) groups excluding carboxylic acids is 2. The van der Waals surface area contributed by atoms with Gasteiger partial charge < -0.3 is 21.2 Å². The molecule has 2 atom stereocenters. The largest absolute Gasteiger partial charge is 0.344 e. The molecule has 0 bridgehead atoms. The van der Waals surface area contributed by atoms with Crippen LogP contribution in [-0.4, -0.2) is 41.7 Å². The third-order valence-corrected chi connectivity index (χ3v) is 6.29. The van der Waals surface area contributed by atoms with Crippen LogP contribution in [0.15, 0.2) is 29.8 Å². The van der Waals surface area contributed by atoms with Crippen LogP contribution in [0.5, 0.6) is 0 Å². The van der Waals surface area contributed by atoms with E-state index in [1.165, 1.54) is 16.0 Å². The van der Waals surface area contributed by atoms with Gasteiger partial charge in [-0.2, -0.15) is 0 Å². The fourth-order valence-corrected chi connectivity index (χ4v) is 4.28. The van der Waals surface area contributed by atoms with Gasteiger partial charge in [0.1, 0.15) is 6.29 Å². The number of nitrogens with one attached hydrogen (secondary N) is 1. The first kappa shape index (κ1) is 26.9. The molecule has 0 saturated carbocycles. The van der Waals surface area contributed by atoms with E-state index in [2.05, 4.69) is 48.4 Å². The Kier molecular flexibility index (Phi) is 10.5. The minimum atomic E-state index is -0.162. The number of amides is 1. The summed E-state index contributed by atoms with van der Waals surface area (Å²) in [5.74, 6) is 0.118. The van der Waals surface area contributed by atoms with Crippen molar-refractivity contribution in [3.05, 3.63) is 41.0 Å². The predicted octanol–water partition coefficient (Wildman–Crippen LogP) is 5.17. The standard InChI is InChI=1S/C13H16N2S.C11H19NO2.H3N/c1-9(14-3)11-4-6-12(7-5-11)13-10(2)15-8-16-13;1-11(2,3)7-10(14)12-6-4-5-9(12)8-13;/h4-9,14H,1-3H3;8-9H,4-7H2,1-3H3;1H3. The molecule has 1 aromatic heterocycles. The van der Waals surface area contributed by atoms with Crippen molar-refractivity contribution in [2.24, 2.45) is 5.41 Å².